The summed E-state index contributed by atoms with van der Waals surface area (Å²) in [5, 5.41) is 2.34. The van der Waals surface area contributed by atoms with Gasteiger partial charge in [-0.3, -0.25) is 9.78 Å². The minimum Gasteiger partial charge on any atom is -0.385 e. The molecule has 1 atom stereocenters. The molecule has 0 spiro atoms. The molecule has 1 aliphatic rings. The number of nitrogens with one attached hydrogen (secondary N) is 1. The largest absolute Gasteiger partial charge is 0.385 e. The van der Waals surface area contributed by atoms with E-state index in [0.29, 0.717) is 30.1 Å². The molecule has 1 unspecified atom stereocenters. The van der Waals surface area contributed by atoms with Gasteiger partial charge in [-0.2, -0.15) is 11.8 Å². The van der Waals surface area contributed by atoms with Gasteiger partial charge < -0.3 is 10.2 Å². The Bertz CT molecular complexity index is 619. The number of sulfone groups is 1. The van der Waals surface area contributed by atoms with Gasteiger partial charge in [-0.25, -0.2) is 8.42 Å². The lowest BCUT2D eigenvalue weighted by Gasteiger charge is -2.34. The maximum atomic E-state index is 12.7. The maximum Gasteiger partial charge on any atom is 0.258 e. The Labute approximate surface area is 129 Å². The molecule has 1 amide bonds. The third-order valence-electron chi connectivity index (χ3n) is 3.26. The van der Waals surface area contributed by atoms with Gasteiger partial charge in [0.2, 0.25) is 0 Å². The summed E-state index contributed by atoms with van der Waals surface area (Å²) in [6.45, 7) is 3.04. The molecular weight excluding hydrogens is 310 g/mol. The van der Waals surface area contributed by atoms with Crippen LogP contribution in [0.2, 0.25) is 0 Å². The molecule has 2 rings (SSSR count). The molecule has 1 aromatic heterocycles. The van der Waals surface area contributed by atoms with Gasteiger partial charge in [-0.1, -0.05) is 0 Å². The summed E-state index contributed by atoms with van der Waals surface area (Å²) < 4.78 is 23.8. The van der Waals surface area contributed by atoms with Crippen LogP contribution in [0.15, 0.2) is 18.5 Å². The lowest BCUT2D eigenvalue weighted by molar-refractivity contribution is 0.0750. The van der Waals surface area contributed by atoms with Crippen molar-refractivity contribution in [3.8, 4) is 0 Å². The Morgan fingerprint density at radius 3 is 3.00 bits per heavy atom. The molecule has 0 saturated carbocycles. The second-order valence-electron chi connectivity index (χ2n) is 4.81. The Hall–Kier alpha value is -1.28. The van der Waals surface area contributed by atoms with Crippen molar-refractivity contribution in [2.75, 3.05) is 36.2 Å². The molecule has 1 fully saturated rings. The zero-order chi connectivity index (χ0) is 15.5. The van der Waals surface area contributed by atoms with Gasteiger partial charge in [0, 0.05) is 43.2 Å². The number of nitrogens with zero attached hydrogens (tertiary/aromatic N) is 2. The number of pyridine rings is 1. The summed E-state index contributed by atoms with van der Waals surface area (Å²) in [5.74, 6) is 0.880. The van der Waals surface area contributed by atoms with Crippen molar-refractivity contribution < 1.29 is 13.2 Å². The molecule has 1 saturated heterocycles. The third kappa shape index (κ3) is 3.68. The highest BCUT2D eigenvalue weighted by atomic mass is 32.2. The Balaban J connectivity index is 2.33. The number of carbonyl (C=O) groups excluding carboxylic acids is 1. The summed E-state index contributed by atoms with van der Waals surface area (Å²) >= 11 is 1.56. The Kier molecular flexibility index (Phi) is 5.10. The fraction of sp³-hybridized carbons (Fsp3) is 0.538. The van der Waals surface area contributed by atoms with Crippen molar-refractivity contribution >= 4 is 33.2 Å². The van der Waals surface area contributed by atoms with Gasteiger partial charge in [0.25, 0.3) is 5.91 Å². The van der Waals surface area contributed by atoms with Crippen LogP contribution in [0.4, 0.5) is 5.69 Å². The number of carbonyl (C=O) groups is 1. The molecule has 21 heavy (non-hydrogen) atoms. The van der Waals surface area contributed by atoms with Crippen molar-refractivity contribution in [2.24, 2.45) is 0 Å². The lowest BCUT2D eigenvalue weighted by Crippen LogP contribution is -2.50. The molecule has 1 N–H and O–H groups in total. The number of aromatic nitrogens is 1. The molecule has 0 bridgehead atoms. The predicted octanol–water partition coefficient (Wildman–Crippen LogP) is 1.07. The number of anilines is 1. The zero-order valence-corrected chi connectivity index (χ0v) is 13.7. The fourth-order valence-electron chi connectivity index (χ4n) is 2.23. The van der Waals surface area contributed by atoms with Crippen LogP contribution in [0.3, 0.4) is 0 Å². The molecule has 2 heterocycles. The van der Waals surface area contributed by atoms with Gasteiger partial charge in [0.05, 0.1) is 11.3 Å². The fourth-order valence-corrected chi connectivity index (χ4v) is 5.05. The number of hydrogen-bond acceptors (Lipinski definition) is 6. The van der Waals surface area contributed by atoms with E-state index in [9.17, 15) is 13.2 Å². The molecular formula is C13H19N3O3S2. The van der Waals surface area contributed by atoms with Crippen LogP contribution < -0.4 is 5.32 Å². The average molecular weight is 329 g/mol. The lowest BCUT2D eigenvalue weighted by atomic mass is 10.2. The SMILES string of the molecule is CCNc1ccncc1C(=O)N1CCSCC1S(C)(=O)=O. The normalized spacial score (nSPS) is 19.3. The van der Waals surface area contributed by atoms with Crippen molar-refractivity contribution in [2.45, 2.75) is 12.3 Å². The summed E-state index contributed by atoms with van der Waals surface area (Å²) in [6.07, 6.45) is 4.27. The van der Waals surface area contributed by atoms with Crippen molar-refractivity contribution in [1.82, 2.24) is 9.88 Å². The van der Waals surface area contributed by atoms with E-state index in [-0.39, 0.29) is 5.91 Å². The molecule has 0 aromatic carbocycles. The molecule has 1 aliphatic heterocycles. The second kappa shape index (κ2) is 6.65. The molecule has 8 heteroatoms. The first kappa shape index (κ1) is 16.1. The van der Waals surface area contributed by atoms with E-state index in [1.165, 1.54) is 17.4 Å². The van der Waals surface area contributed by atoms with Crippen LogP contribution in [0.1, 0.15) is 17.3 Å². The van der Waals surface area contributed by atoms with Gasteiger partial charge in [0.1, 0.15) is 5.37 Å². The van der Waals surface area contributed by atoms with Crippen LogP contribution in [0.25, 0.3) is 0 Å². The van der Waals surface area contributed by atoms with E-state index >= 15 is 0 Å². The van der Waals surface area contributed by atoms with E-state index in [1.54, 1.807) is 24.0 Å². The zero-order valence-electron chi connectivity index (χ0n) is 12.1. The molecule has 0 radical (unpaired) electrons. The number of amides is 1. The third-order valence-corrected chi connectivity index (χ3v) is 5.90. The maximum absolute atomic E-state index is 12.7. The highest BCUT2D eigenvalue weighted by Crippen LogP contribution is 2.24. The smallest absolute Gasteiger partial charge is 0.258 e. The minimum atomic E-state index is -3.31. The van der Waals surface area contributed by atoms with Crippen molar-refractivity contribution in [3.63, 3.8) is 0 Å². The van der Waals surface area contributed by atoms with E-state index in [1.807, 2.05) is 6.92 Å². The summed E-state index contributed by atoms with van der Waals surface area (Å²) in [5.41, 5.74) is 1.10. The molecule has 116 valence electrons. The van der Waals surface area contributed by atoms with Crippen LogP contribution in [0, 0.1) is 0 Å². The van der Waals surface area contributed by atoms with Crippen LogP contribution in [-0.4, -0.2) is 60.4 Å². The summed E-state index contributed by atoms with van der Waals surface area (Å²) in [4.78, 5) is 18.2. The first-order valence-corrected chi connectivity index (χ1v) is 9.81. The molecule has 1 aromatic rings. The van der Waals surface area contributed by atoms with Crippen LogP contribution in [-0.2, 0) is 9.84 Å². The summed E-state index contributed by atoms with van der Waals surface area (Å²) in [7, 11) is -3.31. The van der Waals surface area contributed by atoms with E-state index < -0.39 is 15.2 Å². The average Bonchev–Trinajstić information content (AvgIpc) is 2.46. The second-order valence-corrected chi connectivity index (χ2v) is 8.16. The Morgan fingerprint density at radius 2 is 2.33 bits per heavy atom. The quantitative estimate of drug-likeness (QED) is 0.890. The van der Waals surface area contributed by atoms with Crippen LogP contribution in [0.5, 0.6) is 0 Å². The number of hydrogen-bond donors (Lipinski definition) is 1. The van der Waals surface area contributed by atoms with Crippen molar-refractivity contribution in [3.05, 3.63) is 24.0 Å². The monoisotopic (exact) mass is 329 g/mol. The molecule has 0 aliphatic carbocycles. The van der Waals surface area contributed by atoms with Gasteiger partial charge >= 0.3 is 0 Å². The first-order valence-electron chi connectivity index (χ1n) is 6.70. The first-order chi connectivity index (χ1) is 9.95. The topological polar surface area (TPSA) is 79.4 Å². The van der Waals surface area contributed by atoms with E-state index in [0.717, 1.165) is 5.75 Å². The number of rotatable bonds is 4. The molecule has 6 nitrogen and oxygen atoms in total. The minimum absolute atomic E-state index is 0.283. The van der Waals surface area contributed by atoms with E-state index in [2.05, 4.69) is 10.3 Å². The standard InChI is InChI=1S/C13H19N3O3S2/c1-3-15-11-4-5-14-8-10(11)13(17)16-6-7-20-9-12(16)21(2,18)19/h4-5,8,12H,3,6-7,9H2,1-2H3,(H,14,15). The van der Waals surface area contributed by atoms with Gasteiger partial charge in [-0.15, -0.1) is 0 Å². The van der Waals surface area contributed by atoms with Crippen molar-refractivity contribution in [1.29, 1.82) is 0 Å². The number of thioether (sulfide) groups is 1. The highest BCUT2D eigenvalue weighted by Gasteiger charge is 2.35. The Morgan fingerprint density at radius 1 is 1.57 bits per heavy atom. The van der Waals surface area contributed by atoms with Gasteiger partial charge in [0.15, 0.2) is 9.84 Å². The van der Waals surface area contributed by atoms with E-state index in [4.69, 9.17) is 0 Å². The summed E-state index contributed by atoms with van der Waals surface area (Å²) in [6, 6.07) is 1.73. The highest BCUT2D eigenvalue weighted by molar-refractivity contribution is 8.00. The predicted molar refractivity (Wildman–Crippen MR) is 85.4 cm³/mol. The van der Waals surface area contributed by atoms with Gasteiger partial charge in [-0.05, 0) is 13.0 Å². The van der Waals surface area contributed by atoms with Crippen LogP contribution >= 0.6 is 11.8 Å².